The number of fused-ring (bicyclic) bond motifs is 21. The van der Waals surface area contributed by atoms with Gasteiger partial charge in [-0.15, -0.1) is 0 Å². The van der Waals surface area contributed by atoms with Crippen molar-refractivity contribution in [3.8, 4) is 78.4 Å². The lowest BCUT2D eigenvalue weighted by Gasteiger charge is -2.39. The molecule has 0 bridgehead atoms. The van der Waals surface area contributed by atoms with E-state index in [0.717, 1.165) is 28.3 Å². The summed E-state index contributed by atoms with van der Waals surface area (Å²) < 4.78 is 6.62. The maximum absolute atomic E-state index is 6.62. The third-order valence-corrected chi connectivity index (χ3v) is 16.4. The Morgan fingerprint density at radius 2 is 0.648 bits per heavy atom. The van der Waals surface area contributed by atoms with Gasteiger partial charge in [0.2, 0.25) is 0 Å². The van der Waals surface area contributed by atoms with Gasteiger partial charge in [0, 0.05) is 28.5 Å². The van der Waals surface area contributed by atoms with E-state index in [4.69, 9.17) is 9.72 Å². The van der Waals surface area contributed by atoms with Crippen LogP contribution in [0.15, 0.2) is 249 Å². The second-order valence-electron chi connectivity index (χ2n) is 19.6. The molecule has 0 saturated carbocycles. The Morgan fingerprint density at radius 3 is 1.15 bits per heavy atom. The van der Waals surface area contributed by atoms with Crippen LogP contribution in [0, 0.1) is 0 Å². The first-order chi connectivity index (χ1) is 35.2. The van der Waals surface area contributed by atoms with E-state index in [1.165, 1.54) is 116 Å². The van der Waals surface area contributed by atoms with E-state index in [9.17, 15) is 0 Å². The Kier molecular flexibility index (Phi) is 7.78. The number of rotatable bonds is 3. The fraction of sp³-hybridized carbons (Fsp3) is 0.0290. The van der Waals surface area contributed by atoms with E-state index < -0.39 is 10.8 Å². The van der Waals surface area contributed by atoms with Crippen LogP contribution in [-0.2, 0) is 10.8 Å². The van der Waals surface area contributed by atoms with Crippen LogP contribution < -0.4 is 4.74 Å². The summed E-state index contributed by atoms with van der Waals surface area (Å²) in [6.45, 7) is 0. The lowest BCUT2D eigenvalue weighted by molar-refractivity contribution is 0.436. The van der Waals surface area contributed by atoms with E-state index in [1.54, 1.807) is 0 Å². The van der Waals surface area contributed by atoms with Crippen molar-refractivity contribution < 1.29 is 4.74 Å². The van der Waals surface area contributed by atoms with Gasteiger partial charge in [-0.1, -0.05) is 212 Å². The van der Waals surface area contributed by atoms with Crippen LogP contribution in [-0.4, -0.2) is 4.98 Å². The van der Waals surface area contributed by atoms with Gasteiger partial charge in [0.25, 0.3) is 0 Å². The number of nitrogens with zero attached hydrogens (tertiary/aromatic N) is 1. The normalized spacial score (nSPS) is 14.3. The quantitative estimate of drug-likeness (QED) is 0.165. The van der Waals surface area contributed by atoms with Crippen molar-refractivity contribution in [2.75, 3.05) is 0 Å². The molecule has 0 fully saturated rings. The van der Waals surface area contributed by atoms with E-state index in [-0.39, 0.29) is 0 Å². The van der Waals surface area contributed by atoms with Crippen LogP contribution in [0.3, 0.4) is 0 Å². The summed E-state index contributed by atoms with van der Waals surface area (Å²) in [4.78, 5) is 5.32. The van der Waals surface area contributed by atoms with Crippen LogP contribution in [0.25, 0.3) is 88.4 Å². The summed E-state index contributed by atoms with van der Waals surface area (Å²) in [5.41, 5.74) is 23.9. The topological polar surface area (TPSA) is 22.1 Å². The molecule has 71 heavy (non-hydrogen) atoms. The summed E-state index contributed by atoms with van der Waals surface area (Å²) in [6, 6.07) is 89.8. The number of ether oxygens (including phenoxy) is 1. The summed E-state index contributed by atoms with van der Waals surface area (Å²) in [5.74, 6) is 1.81. The van der Waals surface area contributed by atoms with Gasteiger partial charge < -0.3 is 4.74 Å². The third-order valence-electron chi connectivity index (χ3n) is 16.4. The zero-order valence-corrected chi connectivity index (χ0v) is 38.5. The molecule has 2 nitrogen and oxygen atoms in total. The minimum atomic E-state index is -0.511. The maximum Gasteiger partial charge on any atom is 0.132 e. The molecular weight excluding hydrogens is 859 g/mol. The van der Waals surface area contributed by atoms with Crippen LogP contribution in [0.1, 0.15) is 44.5 Å². The summed E-state index contributed by atoms with van der Waals surface area (Å²) in [7, 11) is 0. The van der Waals surface area contributed by atoms with Crippen molar-refractivity contribution in [1.29, 1.82) is 0 Å². The Balaban J connectivity index is 0.848. The molecular formula is C69H41NO. The number of benzene rings is 11. The van der Waals surface area contributed by atoms with Crippen LogP contribution in [0.4, 0.5) is 0 Å². The summed E-state index contributed by atoms with van der Waals surface area (Å²) >= 11 is 0. The molecule has 1 aliphatic heterocycles. The van der Waals surface area contributed by atoms with E-state index in [2.05, 4.69) is 249 Å². The molecule has 0 N–H and O–H groups in total. The van der Waals surface area contributed by atoms with Gasteiger partial charge in [0.05, 0.1) is 16.5 Å². The molecule has 2 heteroatoms. The highest BCUT2D eigenvalue weighted by Crippen LogP contribution is 2.64. The summed E-state index contributed by atoms with van der Waals surface area (Å²) in [6.07, 6.45) is 2.09. The number of para-hydroxylation sites is 2. The lowest BCUT2D eigenvalue weighted by Crippen LogP contribution is -2.32. The molecule has 328 valence electrons. The Hall–Kier alpha value is -9.11. The molecule has 1 aromatic heterocycles. The van der Waals surface area contributed by atoms with Gasteiger partial charge in [-0.3, -0.25) is 4.98 Å². The highest BCUT2D eigenvalue weighted by Gasteiger charge is 2.53. The molecule has 2 heterocycles. The smallest absolute Gasteiger partial charge is 0.132 e. The molecule has 16 rings (SSSR count). The van der Waals surface area contributed by atoms with Crippen LogP contribution in [0.2, 0.25) is 0 Å². The van der Waals surface area contributed by atoms with Gasteiger partial charge in [-0.05, 0) is 135 Å². The largest absolute Gasteiger partial charge is 0.457 e. The molecule has 4 aliphatic rings. The molecule has 0 unspecified atom stereocenters. The molecule has 0 saturated heterocycles. The predicted octanol–water partition coefficient (Wildman–Crippen LogP) is 17.2. The Morgan fingerprint density at radius 1 is 0.268 bits per heavy atom. The van der Waals surface area contributed by atoms with Gasteiger partial charge >= 0.3 is 0 Å². The predicted molar refractivity (Wildman–Crippen MR) is 289 cm³/mol. The zero-order valence-electron chi connectivity index (χ0n) is 38.5. The molecule has 12 aromatic rings. The Labute approximate surface area is 411 Å². The van der Waals surface area contributed by atoms with Gasteiger partial charge in [-0.25, -0.2) is 0 Å². The van der Waals surface area contributed by atoms with Crippen molar-refractivity contribution in [3.63, 3.8) is 0 Å². The number of hydrogen-bond donors (Lipinski definition) is 0. The molecule has 0 atom stereocenters. The first-order valence-electron chi connectivity index (χ1n) is 24.7. The van der Waals surface area contributed by atoms with E-state index >= 15 is 0 Å². The van der Waals surface area contributed by atoms with E-state index in [1.807, 2.05) is 0 Å². The fourth-order valence-electron chi connectivity index (χ4n) is 13.7. The molecule has 2 spiro atoms. The monoisotopic (exact) mass is 899 g/mol. The number of aromatic nitrogens is 1. The Bertz CT molecular complexity index is 4110. The van der Waals surface area contributed by atoms with Crippen molar-refractivity contribution in [2.45, 2.75) is 10.8 Å². The van der Waals surface area contributed by atoms with Crippen molar-refractivity contribution >= 4 is 21.5 Å². The molecule has 0 radical (unpaired) electrons. The molecule has 3 aliphatic carbocycles. The highest BCUT2D eigenvalue weighted by molar-refractivity contribution is 6.21. The number of pyridine rings is 1. The fourth-order valence-corrected chi connectivity index (χ4v) is 13.7. The van der Waals surface area contributed by atoms with E-state index in [0.29, 0.717) is 0 Å². The second kappa shape index (κ2) is 14.2. The third kappa shape index (κ3) is 4.93. The minimum Gasteiger partial charge on any atom is -0.457 e. The van der Waals surface area contributed by atoms with Crippen molar-refractivity contribution in [2.24, 2.45) is 0 Å². The second-order valence-corrected chi connectivity index (χ2v) is 19.6. The van der Waals surface area contributed by atoms with Gasteiger partial charge in [0.1, 0.15) is 11.5 Å². The lowest BCUT2D eigenvalue weighted by atomic mass is 9.66. The number of hydrogen-bond acceptors (Lipinski definition) is 2. The molecule has 11 aromatic carbocycles. The average molecular weight is 900 g/mol. The average Bonchev–Trinajstić information content (AvgIpc) is 4.02. The highest BCUT2D eigenvalue weighted by atomic mass is 16.5. The SMILES string of the molecule is c1ccc2c(c1)Oc1ccccc1C21c2ccccc2-c2cc(-c3c4ccccc4c(-c4ccc(-c5ccc6c(c5)C5(c7ccccc7-c7ccccc75)c5ccccc5-6)nc4)c4ccccc34)ccc21. The summed E-state index contributed by atoms with van der Waals surface area (Å²) in [5, 5.41) is 4.84. The first kappa shape index (κ1) is 38.8. The standard InChI is InChI=1S/C69H41NO/c1-3-23-52-50(21-1)66(43-34-37-59-54(39-43)48-20-8-12-28-58(48)69(59)60-29-13-15-31-64(60)71-65-32-16-14-30-61(65)69)51-22-2-4-24-53(51)67(52)44-35-38-63(70-41-44)42-33-36-49-47-19-7-11-27-57(47)68(62(49)40-42)55-25-9-5-17-45(55)46-18-6-10-26-56(46)68/h1-41H. The first-order valence-corrected chi connectivity index (χ1v) is 24.7. The van der Waals surface area contributed by atoms with Crippen molar-refractivity contribution in [1.82, 2.24) is 4.98 Å². The minimum absolute atomic E-state index is 0.403. The molecule has 0 amide bonds. The van der Waals surface area contributed by atoms with Crippen molar-refractivity contribution in [3.05, 3.63) is 293 Å². The van der Waals surface area contributed by atoms with Crippen LogP contribution in [0.5, 0.6) is 11.5 Å². The van der Waals surface area contributed by atoms with Gasteiger partial charge in [0.15, 0.2) is 0 Å². The van der Waals surface area contributed by atoms with Gasteiger partial charge in [-0.2, -0.15) is 0 Å². The zero-order chi connectivity index (χ0) is 46.4. The van der Waals surface area contributed by atoms with Crippen LogP contribution >= 0.6 is 0 Å². The maximum atomic E-state index is 6.62.